The van der Waals surface area contributed by atoms with Gasteiger partial charge < -0.3 is 4.79 Å². The SMILES string of the molecule is CC(=O)CCC(C)Cc1ccc(C)cc1. The molecule has 1 aromatic carbocycles. The van der Waals surface area contributed by atoms with E-state index in [4.69, 9.17) is 0 Å². The van der Waals surface area contributed by atoms with E-state index in [2.05, 4.69) is 38.1 Å². The molecule has 0 N–H and O–H groups in total. The summed E-state index contributed by atoms with van der Waals surface area (Å²) in [6.07, 6.45) is 2.80. The highest BCUT2D eigenvalue weighted by Crippen LogP contribution is 2.14. The molecule has 82 valence electrons. The predicted molar refractivity (Wildman–Crippen MR) is 64.0 cm³/mol. The number of ketones is 1. The van der Waals surface area contributed by atoms with E-state index < -0.39 is 0 Å². The Labute approximate surface area is 92.5 Å². The molecule has 1 aromatic rings. The molecule has 1 rings (SSSR count). The third kappa shape index (κ3) is 4.78. The van der Waals surface area contributed by atoms with E-state index in [0.717, 1.165) is 12.8 Å². The number of carbonyl (C=O) groups is 1. The quantitative estimate of drug-likeness (QED) is 0.717. The van der Waals surface area contributed by atoms with Crippen LogP contribution in [0, 0.1) is 12.8 Å². The van der Waals surface area contributed by atoms with Gasteiger partial charge in [-0.3, -0.25) is 0 Å². The van der Waals surface area contributed by atoms with Gasteiger partial charge in [0, 0.05) is 6.42 Å². The van der Waals surface area contributed by atoms with Crippen LogP contribution in [0.25, 0.3) is 0 Å². The number of carbonyl (C=O) groups excluding carboxylic acids is 1. The third-order valence-corrected chi connectivity index (χ3v) is 2.69. The fourth-order valence-corrected chi connectivity index (χ4v) is 1.68. The molecule has 1 atom stereocenters. The number of benzene rings is 1. The zero-order valence-corrected chi connectivity index (χ0v) is 9.92. The van der Waals surface area contributed by atoms with Crippen LogP contribution in [0.1, 0.15) is 37.8 Å². The third-order valence-electron chi connectivity index (χ3n) is 2.69. The van der Waals surface area contributed by atoms with E-state index in [1.807, 2.05) is 0 Å². The van der Waals surface area contributed by atoms with E-state index in [-0.39, 0.29) is 0 Å². The van der Waals surface area contributed by atoms with Gasteiger partial charge >= 0.3 is 0 Å². The summed E-state index contributed by atoms with van der Waals surface area (Å²) in [6.45, 7) is 5.98. The van der Waals surface area contributed by atoms with Crippen molar-refractivity contribution in [1.29, 1.82) is 0 Å². The first-order chi connectivity index (χ1) is 7.08. The smallest absolute Gasteiger partial charge is 0.129 e. The van der Waals surface area contributed by atoms with Gasteiger partial charge in [-0.25, -0.2) is 0 Å². The molecule has 1 nitrogen and oxygen atoms in total. The summed E-state index contributed by atoms with van der Waals surface area (Å²) in [6, 6.07) is 8.65. The van der Waals surface area contributed by atoms with Crippen LogP contribution in [0.3, 0.4) is 0 Å². The van der Waals surface area contributed by atoms with E-state index in [0.29, 0.717) is 18.1 Å². The molecule has 0 saturated heterocycles. The highest BCUT2D eigenvalue weighted by atomic mass is 16.1. The summed E-state index contributed by atoms with van der Waals surface area (Å²) < 4.78 is 0. The van der Waals surface area contributed by atoms with Crippen LogP contribution in [0.4, 0.5) is 0 Å². The maximum atomic E-state index is 10.8. The Morgan fingerprint density at radius 1 is 1.27 bits per heavy atom. The average Bonchev–Trinajstić information content (AvgIpc) is 2.19. The fraction of sp³-hybridized carbons (Fsp3) is 0.500. The molecule has 0 heterocycles. The van der Waals surface area contributed by atoms with Crippen LogP contribution in [-0.4, -0.2) is 5.78 Å². The van der Waals surface area contributed by atoms with Crippen molar-refractivity contribution in [2.24, 2.45) is 5.92 Å². The van der Waals surface area contributed by atoms with Crippen LogP contribution in [0.15, 0.2) is 24.3 Å². The van der Waals surface area contributed by atoms with Crippen molar-refractivity contribution in [1.82, 2.24) is 0 Å². The van der Waals surface area contributed by atoms with Crippen molar-refractivity contribution in [3.63, 3.8) is 0 Å². The fourth-order valence-electron chi connectivity index (χ4n) is 1.68. The molecule has 1 heteroatoms. The average molecular weight is 204 g/mol. The lowest BCUT2D eigenvalue weighted by molar-refractivity contribution is -0.117. The summed E-state index contributed by atoms with van der Waals surface area (Å²) in [5.74, 6) is 0.891. The first kappa shape index (κ1) is 12.0. The van der Waals surface area contributed by atoms with Gasteiger partial charge in [-0.15, -0.1) is 0 Å². The largest absolute Gasteiger partial charge is 0.300 e. The van der Waals surface area contributed by atoms with Gasteiger partial charge in [-0.05, 0) is 38.2 Å². The maximum absolute atomic E-state index is 10.8. The topological polar surface area (TPSA) is 17.1 Å². The molecule has 0 radical (unpaired) electrons. The van der Waals surface area contributed by atoms with Gasteiger partial charge in [0.1, 0.15) is 5.78 Å². The Morgan fingerprint density at radius 3 is 2.40 bits per heavy atom. The first-order valence-corrected chi connectivity index (χ1v) is 5.63. The minimum Gasteiger partial charge on any atom is -0.300 e. The lowest BCUT2D eigenvalue weighted by atomic mass is 9.95. The van der Waals surface area contributed by atoms with Gasteiger partial charge in [-0.1, -0.05) is 36.8 Å². The van der Waals surface area contributed by atoms with E-state index in [9.17, 15) is 4.79 Å². The molecule has 0 aliphatic carbocycles. The van der Waals surface area contributed by atoms with Crippen molar-refractivity contribution in [2.45, 2.75) is 40.0 Å². The lowest BCUT2D eigenvalue weighted by Crippen LogP contribution is -2.02. The number of rotatable bonds is 5. The Bertz CT molecular complexity index is 311. The molecular weight excluding hydrogens is 184 g/mol. The molecule has 0 amide bonds. The summed E-state index contributed by atoms with van der Waals surface area (Å²) in [7, 11) is 0. The highest BCUT2D eigenvalue weighted by Gasteiger charge is 2.04. The molecule has 0 fully saturated rings. The number of Topliss-reactive ketones (excluding diaryl/α,β-unsaturated/α-hetero) is 1. The lowest BCUT2D eigenvalue weighted by Gasteiger charge is -2.10. The Balaban J connectivity index is 2.40. The van der Waals surface area contributed by atoms with Gasteiger partial charge in [0.15, 0.2) is 0 Å². The van der Waals surface area contributed by atoms with Crippen LogP contribution in [0.2, 0.25) is 0 Å². The summed E-state index contributed by atoms with van der Waals surface area (Å²) in [4.78, 5) is 10.8. The predicted octanol–water partition coefficient (Wildman–Crippen LogP) is 3.54. The highest BCUT2D eigenvalue weighted by molar-refractivity contribution is 5.75. The Hall–Kier alpha value is -1.11. The van der Waals surface area contributed by atoms with Crippen molar-refractivity contribution >= 4 is 5.78 Å². The van der Waals surface area contributed by atoms with Crippen LogP contribution >= 0.6 is 0 Å². The van der Waals surface area contributed by atoms with Gasteiger partial charge in [-0.2, -0.15) is 0 Å². The number of hydrogen-bond acceptors (Lipinski definition) is 1. The van der Waals surface area contributed by atoms with Gasteiger partial charge in [0.2, 0.25) is 0 Å². The second-order valence-corrected chi connectivity index (χ2v) is 4.54. The van der Waals surface area contributed by atoms with Gasteiger partial charge in [0.25, 0.3) is 0 Å². The molecule has 15 heavy (non-hydrogen) atoms. The first-order valence-electron chi connectivity index (χ1n) is 5.63. The minimum absolute atomic E-state index is 0.297. The number of aryl methyl sites for hydroxylation is 1. The van der Waals surface area contributed by atoms with Crippen molar-refractivity contribution in [3.05, 3.63) is 35.4 Å². The van der Waals surface area contributed by atoms with Crippen LogP contribution in [-0.2, 0) is 11.2 Å². The molecule has 0 aliphatic rings. The second kappa shape index (κ2) is 5.69. The molecule has 0 bridgehead atoms. The normalized spacial score (nSPS) is 12.5. The molecular formula is C14H20O. The number of hydrogen-bond donors (Lipinski definition) is 0. The zero-order chi connectivity index (χ0) is 11.3. The van der Waals surface area contributed by atoms with E-state index >= 15 is 0 Å². The van der Waals surface area contributed by atoms with E-state index in [1.54, 1.807) is 6.92 Å². The van der Waals surface area contributed by atoms with Crippen molar-refractivity contribution < 1.29 is 4.79 Å². The molecule has 0 spiro atoms. The van der Waals surface area contributed by atoms with Gasteiger partial charge in [0.05, 0.1) is 0 Å². The standard InChI is InChI=1S/C14H20O/c1-11-5-8-14(9-6-11)10-12(2)4-7-13(3)15/h5-6,8-9,12H,4,7,10H2,1-3H3. The molecule has 0 aromatic heterocycles. The monoisotopic (exact) mass is 204 g/mol. The van der Waals surface area contributed by atoms with Crippen LogP contribution < -0.4 is 0 Å². The molecule has 0 saturated carbocycles. The maximum Gasteiger partial charge on any atom is 0.129 e. The van der Waals surface area contributed by atoms with Crippen LogP contribution in [0.5, 0.6) is 0 Å². The summed E-state index contributed by atoms with van der Waals surface area (Å²) >= 11 is 0. The molecule has 1 unspecified atom stereocenters. The summed E-state index contributed by atoms with van der Waals surface area (Å²) in [5, 5.41) is 0. The summed E-state index contributed by atoms with van der Waals surface area (Å²) in [5.41, 5.74) is 2.67. The Morgan fingerprint density at radius 2 is 1.87 bits per heavy atom. The van der Waals surface area contributed by atoms with E-state index in [1.165, 1.54) is 11.1 Å². The minimum atomic E-state index is 0.297. The van der Waals surface area contributed by atoms with Crippen molar-refractivity contribution in [2.75, 3.05) is 0 Å². The van der Waals surface area contributed by atoms with Crippen molar-refractivity contribution in [3.8, 4) is 0 Å². The molecule has 0 aliphatic heterocycles. The Kier molecular flexibility index (Phi) is 4.54. The zero-order valence-electron chi connectivity index (χ0n) is 9.92. The second-order valence-electron chi connectivity index (χ2n) is 4.54.